The molecule has 0 aliphatic carbocycles. The van der Waals surface area contributed by atoms with Gasteiger partial charge < -0.3 is 15.0 Å². The number of amides is 2. The van der Waals surface area contributed by atoms with Crippen molar-refractivity contribution in [1.29, 1.82) is 0 Å². The van der Waals surface area contributed by atoms with Crippen LogP contribution in [-0.2, 0) is 14.3 Å². The van der Waals surface area contributed by atoms with E-state index in [9.17, 15) is 14.4 Å². The molecule has 1 aliphatic heterocycles. The molecule has 0 radical (unpaired) electrons. The Hall–Kier alpha value is -2.67. The lowest BCUT2D eigenvalue weighted by Gasteiger charge is -2.15. The van der Waals surface area contributed by atoms with Gasteiger partial charge in [-0.2, -0.15) is 0 Å². The van der Waals surface area contributed by atoms with Gasteiger partial charge in [0.2, 0.25) is 5.91 Å². The fourth-order valence-corrected chi connectivity index (χ4v) is 2.91. The van der Waals surface area contributed by atoms with Crippen LogP contribution in [0.1, 0.15) is 23.2 Å². The van der Waals surface area contributed by atoms with E-state index in [0.29, 0.717) is 24.2 Å². The van der Waals surface area contributed by atoms with Crippen molar-refractivity contribution >= 4 is 45.1 Å². The molecule has 1 aliphatic rings. The van der Waals surface area contributed by atoms with Gasteiger partial charge in [0, 0.05) is 28.8 Å². The highest BCUT2D eigenvalue weighted by Crippen LogP contribution is 2.21. The average molecular weight is 417 g/mol. The number of nitrogens with one attached hydrogen (secondary N) is 1. The van der Waals surface area contributed by atoms with Crippen molar-refractivity contribution in [2.24, 2.45) is 0 Å². The monoisotopic (exact) mass is 416 g/mol. The molecular formula is C19H17BrN2O4. The molecule has 2 aromatic rings. The summed E-state index contributed by atoms with van der Waals surface area (Å²) in [6.07, 6.45) is 1.40. The van der Waals surface area contributed by atoms with Crippen LogP contribution in [0.3, 0.4) is 0 Å². The SMILES string of the molecule is O=C(COC(=O)c1ccc(N2CCCC2=O)cc1)Nc1ccc(Br)cc1. The van der Waals surface area contributed by atoms with E-state index in [1.54, 1.807) is 53.4 Å². The van der Waals surface area contributed by atoms with Crippen LogP contribution in [0, 0.1) is 0 Å². The molecular weight excluding hydrogens is 400 g/mol. The van der Waals surface area contributed by atoms with Crippen LogP contribution >= 0.6 is 15.9 Å². The zero-order valence-corrected chi connectivity index (χ0v) is 15.5. The van der Waals surface area contributed by atoms with E-state index in [2.05, 4.69) is 21.2 Å². The lowest BCUT2D eigenvalue weighted by Crippen LogP contribution is -2.23. The number of esters is 1. The first kappa shape index (κ1) is 18.1. The summed E-state index contributed by atoms with van der Waals surface area (Å²) in [4.78, 5) is 37.3. The minimum atomic E-state index is -0.588. The maximum absolute atomic E-state index is 12.1. The number of rotatable bonds is 5. The first-order valence-electron chi connectivity index (χ1n) is 8.16. The predicted octanol–water partition coefficient (Wildman–Crippen LogP) is 3.37. The predicted molar refractivity (Wildman–Crippen MR) is 101 cm³/mol. The van der Waals surface area contributed by atoms with Gasteiger partial charge in [0.15, 0.2) is 6.61 Å². The summed E-state index contributed by atoms with van der Waals surface area (Å²) in [7, 11) is 0. The molecule has 6 nitrogen and oxygen atoms in total. The van der Waals surface area contributed by atoms with E-state index < -0.39 is 11.9 Å². The maximum atomic E-state index is 12.1. The number of hydrogen-bond donors (Lipinski definition) is 1. The zero-order chi connectivity index (χ0) is 18.5. The fraction of sp³-hybridized carbons (Fsp3) is 0.211. The van der Waals surface area contributed by atoms with Crippen LogP contribution in [0.2, 0.25) is 0 Å². The molecule has 1 fully saturated rings. The minimum Gasteiger partial charge on any atom is -0.452 e. The Bertz CT molecular complexity index is 818. The number of ether oxygens (including phenoxy) is 1. The molecule has 0 unspecified atom stereocenters. The van der Waals surface area contributed by atoms with Crippen LogP contribution in [0.4, 0.5) is 11.4 Å². The summed E-state index contributed by atoms with van der Waals surface area (Å²) < 4.78 is 5.94. The minimum absolute atomic E-state index is 0.0879. The molecule has 134 valence electrons. The lowest BCUT2D eigenvalue weighted by molar-refractivity contribution is -0.119. The van der Waals surface area contributed by atoms with Gasteiger partial charge in [-0.1, -0.05) is 15.9 Å². The van der Waals surface area contributed by atoms with E-state index in [1.807, 2.05) is 0 Å². The number of halogens is 1. The highest BCUT2D eigenvalue weighted by Gasteiger charge is 2.21. The van der Waals surface area contributed by atoms with Crippen molar-refractivity contribution in [2.75, 3.05) is 23.4 Å². The molecule has 2 amide bonds. The van der Waals surface area contributed by atoms with Gasteiger partial charge in [-0.25, -0.2) is 4.79 Å². The van der Waals surface area contributed by atoms with E-state index >= 15 is 0 Å². The van der Waals surface area contributed by atoms with Crippen molar-refractivity contribution < 1.29 is 19.1 Å². The summed E-state index contributed by atoms with van der Waals surface area (Å²) in [5, 5.41) is 2.65. The van der Waals surface area contributed by atoms with Crippen LogP contribution in [-0.4, -0.2) is 30.9 Å². The summed E-state index contributed by atoms with van der Waals surface area (Å²) in [6, 6.07) is 13.7. The number of carbonyl (C=O) groups excluding carboxylic acids is 3. The molecule has 0 saturated carbocycles. The molecule has 2 aromatic carbocycles. The van der Waals surface area contributed by atoms with E-state index in [-0.39, 0.29) is 12.5 Å². The van der Waals surface area contributed by atoms with Crippen molar-refractivity contribution in [2.45, 2.75) is 12.8 Å². The van der Waals surface area contributed by atoms with Crippen LogP contribution in [0.25, 0.3) is 0 Å². The van der Waals surface area contributed by atoms with Gasteiger partial charge in [-0.3, -0.25) is 9.59 Å². The Morgan fingerprint density at radius 1 is 1.08 bits per heavy atom. The summed E-state index contributed by atoms with van der Waals surface area (Å²) in [5.41, 5.74) is 1.71. The second-order valence-corrected chi connectivity index (χ2v) is 6.74. The Labute approximate surface area is 159 Å². The first-order valence-corrected chi connectivity index (χ1v) is 8.95. The number of benzene rings is 2. The van der Waals surface area contributed by atoms with Gasteiger partial charge in [0.25, 0.3) is 5.91 Å². The Kier molecular flexibility index (Phi) is 5.68. The molecule has 7 heteroatoms. The van der Waals surface area contributed by atoms with E-state index in [1.165, 1.54) is 0 Å². The summed E-state index contributed by atoms with van der Waals surface area (Å²) in [6.45, 7) is 0.320. The third kappa shape index (κ3) is 4.49. The van der Waals surface area contributed by atoms with Crippen LogP contribution in [0.5, 0.6) is 0 Å². The summed E-state index contributed by atoms with van der Waals surface area (Å²) in [5.74, 6) is -0.917. The number of anilines is 2. The highest BCUT2D eigenvalue weighted by molar-refractivity contribution is 9.10. The lowest BCUT2D eigenvalue weighted by atomic mass is 10.2. The normalized spacial score (nSPS) is 13.6. The van der Waals surface area contributed by atoms with Crippen LogP contribution < -0.4 is 10.2 Å². The Morgan fingerprint density at radius 2 is 1.77 bits per heavy atom. The van der Waals surface area contributed by atoms with Gasteiger partial charge in [-0.05, 0) is 55.0 Å². The third-order valence-corrected chi connectivity index (χ3v) is 4.48. The molecule has 1 heterocycles. The average Bonchev–Trinajstić information content (AvgIpc) is 3.08. The second kappa shape index (κ2) is 8.14. The number of carbonyl (C=O) groups is 3. The molecule has 1 N–H and O–H groups in total. The molecule has 3 rings (SSSR count). The van der Waals surface area contributed by atoms with Crippen molar-refractivity contribution in [3.8, 4) is 0 Å². The largest absolute Gasteiger partial charge is 0.452 e. The van der Waals surface area contributed by atoms with E-state index in [0.717, 1.165) is 16.6 Å². The standard InChI is InChI=1S/C19H17BrN2O4/c20-14-5-7-15(8-6-14)21-17(23)12-26-19(25)13-3-9-16(10-4-13)22-11-1-2-18(22)24/h3-10H,1-2,11-12H2,(H,21,23). The Balaban J connectivity index is 1.52. The molecule has 1 saturated heterocycles. The number of hydrogen-bond acceptors (Lipinski definition) is 4. The molecule has 0 bridgehead atoms. The number of nitrogens with zero attached hydrogens (tertiary/aromatic N) is 1. The fourth-order valence-electron chi connectivity index (χ4n) is 2.64. The molecule has 0 aromatic heterocycles. The van der Waals surface area contributed by atoms with Crippen molar-refractivity contribution in [1.82, 2.24) is 0 Å². The highest BCUT2D eigenvalue weighted by atomic mass is 79.9. The van der Waals surface area contributed by atoms with Gasteiger partial charge in [-0.15, -0.1) is 0 Å². The molecule has 26 heavy (non-hydrogen) atoms. The van der Waals surface area contributed by atoms with E-state index in [4.69, 9.17) is 4.74 Å². The van der Waals surface area contributed by atoms with Crippen LogP contribution in [0.15, 0.2) is 53.0 Å². The van der Waals surface area contributed by atoms with Gasteiger partial charge in [0.05, 0.1) is 5.56 Å². The second-order valence-electron chi connectivity index (χ2n) is 5.83. The maximum Gasteiger partial charge on any atom is 0.338 e. The van der Waals surface area contributed by atoms with Crippen molar-refractivity contribution in [3.05, 3.63) is 58.6 Å². The Morgan fingerprint density at radius 3 is 2.38 bits per heavy atom. The third-order valence-electron chi connectivity index (χ3n) is 3.95. The summed E-state index contributed by atoms with van der Waals surface area (Å²) >= 11 is 3.31. The van der Waals surface area contributed by atoms with Crippen molar-refractivity contribution in [3.63, 3.8) is 0 Å². The smallest absolute Gasteiger partial charge is 0.338 e. The molecule has 0 spiro atoms. The molecule has 0 atom stereocenters. The van der Waals surface area contributed by atoms with Gasteiger partial charge >= 0.3 is 5.97 Å². The van der Waals surface area contributed by atoms with Gasteiger partial charge in [0.1, 0.15) is 0 Å². The zero-order valence-electron chi connectivity index (χ0n) is 13.9. The first-order chi connectivity index (χ1) is 12.5. The quantitative estimate of drug-likeness (QED) is 0.757. The topological polar surface area (TPSA) is 75.7 Å².